The average Bonchev–Trinajstić information content (AvgIpc) is 2.59. The van der Waals surface area contributed by atoms with E-state index in [9.17, 15) is 19.7 Å². The van der Waals surface area contributed by atoms with Crippen molar-refractivity contribution in [3.8, 4) is 0 Å². The molecule has 0 atom stereocenters. The molecule has 0 saturated carbocycles. The average molecular weight is 350 g/mol. The Morgan fingerprint density at radius 1 is 1.16 bits per heavy atom. The summed E-state index contributed by atoms with van der Waals surface area (Å²) in [5.41, 5.74) is 0.625. The Kier molecular flexibility index (Phi) is 9.21. The van der Waals surface area contributed by atoms with Crippen molar-refractivity contribution in [2.75, 3.05) is 11.9 Å². The number of ether oxygens (including phenoxy) is 1. The zero-order chi connectivity index (χ0) is 18.7. The molecular weight excluding hydrogens is 324 g/mol. The molecule has 7 nitrogen and oxygen atoms in total. The summed E-state index contributed by atoms with van der Waals surface area (Å²) < 4.78 is 5.15. The number of nitrogens with zero attached hydrogens (tertiary/aromatic N) is 1. The van der Waals surface area contributed by atoms with E-state index in [1.165, 1.54) is 6.07 Å². The van der Waals surface area contributed by atoms with Crippen LogP contribution in [0.3, 0.4) is 0 Å². The molecule has 7 heteroatoms. The molecule has 1 amide bonds. The van der Waals surface area contributed by atoms with Crippen LogP contribution in [0.25, 0.3) is 0 Å². The number of unbranched alkanes of at least 4 members (excludes halogenated alkanes) is 2. The lowest BCUT2D eigenvalue weighted by molar-refractivity contribution is -0.384. The minimum atomic E-state index is -0.522. The maximum Gasteiger partial charge on any atom is 0.305 e. The molecule has 1 aromatic rings. The fourth-order valence-corrected chi connectivity index (χ4v) is 2.30. The summed E-state index contributed by atoms with van der Waals surface area (Å²) >= 11 is 0. The number of rotatable bonds is 11. The molecule has 0 heterocycles. The third-order valence-corrected chi connectivity index (χ3v) is 3.72. The number of nitro benzene ring substituents is 1. The standard InChI is InChI=1S/C18H26N2O5/c1-3-5-10-16(21)19-18-14(8-7-9-15(18)20(23)24)12-13-25-17(22)11-6-4-2/h7-9H,3-6,10-13H2,1-2H3,(H,19,21). The summed E-state index contributed by atoms with van der Waals surface area (Å²) in [6, 6.07) is 4.61. The number of para-hydroxylation sites is 1. The highest BCUT2D eigenvalue weighted by Crippen LogP contribution is 2.29. The highest BCUT2D eigenvalue weighted by molar-refractivity contribution is 5.94. The first-order valence-electron chi connectivity index (χ1n) is 8.71. The lowest BCUT2D eigenvalue weighted by atomic mass is 10.1. The summed E-state index contributed by atoms with van der Waals surface area (Å²) in [4.78, 5) is 34.2. The van der Waals surface area contributed by atoms with Gasteiger partial charge in [-0.2, -0.15) is 0 Å². The topological polar surface area (TPSA) is 98.5 Å². The van der Waals surface area contributed by atoms with Gasteiger partial charge in [0.25, 0.3) is 5.69 Å². The van der Waals surface area contributed by atoms with Crippen molar-refractivity contribution in [3.05, 3.63) is 33.9 Å². The van der Waals surface area contributed by atoms with Crippen LogP contribution in [0.4, 0.5) is 11.4 Å². The van der Waals surface area contributed by atoms with Crippen LogP contribution in [0, 0.1) is 10.1 Å². The molecule has 1 aromatic carbocycles. The molecule has 0 bridgehead atoms. The van der Waals surface area contributed by atoms with Gasteiger partial charge in [0, 0.05) is 25.3 Å². The fourth-order valence-electron chi connectivity index (χ4n) is 2.30. The van der Waals surface area contributed by atoms with E-state index in [4.69, 9.17) is 4.74 Å². The largest absolute Gasteiger partial charge is 0.465 e. The number of nitro groups is 1. The van der Waals surface area contributed by atoms with Gasteiger partial charge in [-0.15, -0.1) is 0 Å². The number of carbonyl (C=O) groups excluding carboxylic acids is 2. The van der Waals surface area contributed by atoms with Crippen molar-refractivity contribution in [1.29, 1.82) is 0 Å². The number of hydrogen-bond donors (Lipinski definition) is 1. The Morgan fingerprint density at radius 3 is 2.48 bits per heavy atom. The smallest absolute Gasteiger partial charge is 0.305 e. The summed E-state index contributed by atoms with van der Waals surface area (Å²) in [6.07, 6.45) is 4.26. The molecule has 0 fully saturated rings. The van der Waals surface area contributed by atoms with Gasteiger partial charge in [0.1, 0.15) is 5.69 Å². The van der Waals surface area contributed by atoms with E-state index in [0.29, 0.717) is 24.8 Å². The van der Waals surface area contributed by atoms with Gasteiger partial charge in [-0.05, 0) is 18.4 Å². The number of nitrogens with one attached hydrogen (secondary N) is 1. The first-order valence-corrected chi connectivity index (χ1v) is 8.71. The normalized spacial score (nSPS) is 10.3. The first kappa shape index (κ1) is 20.6. The van der Waals surface area contributed by atoms with E-state index in [1.54, 1.807) is 12.1 Å². The fraction of sp³-hybridized carbons (Fsp3) is 0.556. The Balaban J connectivity index is 2.80. The van der Waals surface area contributed by atoms with Crippen molar-refractivity contribution < 1.29 is 19.2 Å². The second-order valence-electron chi connectivity index (χ2n) is 5.79. The molecule has 0 saturated heterocycles. The molecule has 0 aliphatic rings. The van der Waals surface area contributed by atoms with Crippen molar-refractivity contribution in [1.82, 2.24) is 0 Å². The van der Waals surface area contributed by atoms with Gasteiger partial charge < -0.3 is 10.1 Å². The van der Waals surface area contributed by atoms with Crippen LogP contribution in [-0.2, 0) is 20.7 Å². The molecule has 0 spiro atoms. The summed E-state index contributed by atoms with van der Waals surface area (Å²) in [5.74, 6) is -0.529. The lowest BCUT2D eigenvalue weighted by Crippen LogP contribution is -2.15. The predicted molar refractivity (Wildman–Crippen MR) is 95.4 cm³/mol. The van der Waals surface area contributed by atoms with Gasteiger partial charge in [0.15, 0.2) is 0 Å². The van der Waals surface area contributed by atoms with Crippen LogP contribution in [-0.4, -0.2) is 23.4 Å². The summed E-state index contributed by atoms with van der Waals surface area (Å²) in [6.45, 7) is 4.09. The molecular formula is C18H26N2O5. The maximum absolute atomic E-state index is 12.0. The minimum absolute atomic E-state index is 0.127. The zero-order valence-electron chi connectivity index (χ0n) is 14.9. The van der Waals surface area contributed by atoms with Crippen LogP contribution >= 0.6 is 0 Å². The van der Waals surface area contributed by atoms with Crippen LogP contribution in [0.15, 0.2) is 18.2 Å². The molecule has 0 radical (unpaired) electrons. The van der Waals surface area contributed by atoms with Gasteiger partial charge in [-0.3, -0.25) is 19.7 Å². The third kappa shape index (κ3) is 7.32. The van der Waals surface area contributed by atoms with E-state index in [0.717, 1.165) is 25.7 Å². The Morgan fingerprint density at radius 2 is 1.84 bits per heavy atom. The number of hydrogen-bond acceptors (Lipinski definition) is 5. The number of amides is 1. The Labute approximate surface area is 147 Å². The van der Waals surface area contributed by atoms with E-state index < -0.39 is 4.92 Å². The number of benzene rings is 1. The van der Waals surface area contributed by atoms with Crippen molar-refractivity contribution in [3.63, 3.8) is 0 Å². The Hall–Kier alpha value is -2.44. The quantitative estimate of drug-likeness (QED) is 0.369. The molecule has 0 unspecified atom stereocenters. The monoisotopic (exact) mass is 350 g/mol. The SMILES string of the molecule is CCCCC(=O)Nc1c(CCOC(=O)CCCC)cccc1[N+](=O)[O-]. The molecule has 0 aliphatic carbocycles. The highest BCUT2D eigenvalue weighted by Gasteiger charge is 2.19. The third-order valence-electron chi connectivity index (χ3n) is 3.72. The Bertz CT molecular complexity index is 601. The number of anilines is 1. The molecule has 25 heavy (non-hydrogen) atoms. The van der Waals surface area contributed by atoms with Crippen LogP contribution < -0.4 is 5.32 Å². The van der Waals surface area contributed by atoms with Crippen LogP contribution in [0.2, 0.25) is 0 Å². The van der Waals surface area contributed by atoms with Crippen molar-refractivity contribution in [2.24, 2.45) is 0 Å². The van der Waals surface area contributed by atoms with E-state index in [-0.39, 0.29) is 29.9 Å². The minimum Gasteiger partial charge on any atom is -0.465 e. The van der Waals surface area contributed by atoms with E-state index >= 15 is 0 Å². The second-order valence-corrected chi connectivity index (χ2v) is 5.79. The van der Waals surface area contributed by atoms with Gasteiger partial charge in [-0.1, -0.05) is 38.8 Å². The van der Waals surface area contributed by atoms with Crippen LogP contribution in [0.5, 0.6) is 0 Å². The van der Waals surface area contributed by atoms with Crippen LogP contribution in [0.1, 0.15) is 57.9 Å². The van der Waals surface area contributed by atoms with Gasteiger partial charge in [0.05, 0.1) is 11.5 Å². The number of esters is 1. The molecule has 0 aliphatic heterocycles. The van der Waals surface area contributed by atoms with Crippen molar-refractivity contribution >= 4 is 23.3 Å². The summed E-state index contributed by atoms with van der Waals surface area (Å²) in [5, 5.41) is 13.9. The van der Waals surface area contributed by atoms with Crippen molar-refractivity contribution in [2.45, 2.75) is 58.8 Å². The number of carbonyl (C=O) groups is 2. The van der Waals surface area contributed by atoms with Gasteiger partial charge in [-0.25, -0.2) is 0 Å². The lowest BCUT2D eigenvalue weighted by Gasteiger charge is -2.12. The van der Waals surface area contributed by atoms with Gasteiger partial charge >= 0.3 is 5.97 Å². The molecule has 138 valence electrons. The van der Waals surface area contributed by atoms with E-state index in [2.05, 4.69) is 5.32 Å². The first-order chi connectivity index (χ1) is 12.0. The van der Waals surface area contributed by atoms with Gasteiger partial charge in [0.2, 0.25) is 5.91 Å². The van der Waals surface area contributed by atoms with E-state index in [1.807, 2.05) is 13.8 Å². The maximum atomic E-state index is 12.0. The molecule has 1 N–H and O–H groups in total. The zero-order valence-corrected chi connectivity index (χ0v) is 14.9. The molecule has 0 aromatic heterocycles. The molecule has 1 rings (SSSR count). The highest BCUT2D eigenvalue weighted by atomic mass is 16.6. The second kappa shape index (κ2) is 11.2. The predicted octanol–water partition coefficient (Wildman–Crippen LogP) is 4.00. The summed E-state index contributed by atoms with van der Waals surface area (Å²) in [7, 11) is 0.